The normalized spacial score (nSPS) is 17.6. The molecular formula is C26H34ClN5O5S2. The van der Waals surface area contributed by atoms with Gasteiger partial charge in [-0.15, -0.1) is 11.3 Å². The summed E-state index contributed by atoms with van der Waals surface area (Å²) in [5.41, 5.74) is 0.965. The van der Waals surface area contributed by atoms with Crippen molar-refractivity contribution in [1.29, 1.82) is 0 Å². The van der Waals surface area contributed by atoms with Gasteiger partial charge in [-0.3, -0.25) is 14.4 Å². The number of amides is 3. The molecule has 2 fully saturated rings. The van der Waals surface area contributed by atoms with Gasteiger partial charge in [0.25, 0.3) is 5.91 Å². The van der Waals surface area contributed by atoms with E-state index in [4.69, 9.17) is 11.6 Å². The molecule has 3 amide bonds. The van der Waals surface area contributed by atoms with Gasteiger partial charge in [0.2, 0.25) is 21.8 Å². The van der Waals surface area contributed by atoms with Gasteiger partial charge in [0, 0.05) is 44.3 Å². The van der Waals surface area contributed by atoms with Crippen LogP contribution in [0.3, 0.4) is 0 Å². The maximum absolute atomic E-state index is 13.6. The number of likely N-dealkylation sites (tertiary alicyclic amines) is 1. The van der Waals surface area contributed by atoms with E-state index >= 15 is 0 Å². The third-order valence-corrected chi connectivity index (χ3v) is 10.1. The molecule has 2 aliphatic rings. The Balaban J connectivity index is 1.56. The standard InChI is InChI=1S/C26H34ClN5O5S2/c1-17-20(32-13-5-8-24(32)33)6-4-7-22(17)39(36,37)29-19(16-28-25(34)21-9-10-23(27)38-21)26(35)31-14-11-18(12-15-31)30(2)3/h4,6-7,9-10,18-19,29H,5,8,11-16H2,1-3H3,(H,28,34)/t19-/m0/s1. The van der Waals surface area contributed by atoms with Crippen LogP contribution < -0.4 is 14.9 Å². The molecule has 3 heterocycles. The molecule has 0 bridgehead atoms. The summed E-state index contributed by atoms with van der Waals surface area (Å²) in [5, 5.41) is 2.69. The molecule has 0 aliphatic carbocycles. The molecule has 0 unspecified atom stereocenters. The van der Waals surface area contributed by atoms with E-state index in [1.807, 2.05) is 14.1 Å². The van der Waals surface area contributed by atoms with Crippen LogP contribution in [0.15, 0.2) is 35.2 Å². The molecule has 0 radical (unpaired) electrons. The Hall–Kier alpha value is -2.51. The number of thiophene rings is 1. The molecule has 4 rings (SSSR count). The first kappa shape index (κ1) is 29.5. The van der Waals surface area contributed by atoms with Gasteiger partial charge in [-0.05, 0) is 70.1 Å². The Morgan fingerprint density at radius 3 is 2.46 bits per heavy atom. The van der Waals surface area contributed by atoms with Crippen molar-refractivity contribution in [3.63, 3.8) is 0 Å². The number of hydrogen-bond acceptors (Lipinski definition) is 7. The molecule has 13 heteroatoms. The topological polar surface area (TPSA) is 119 Å². The molecule has 2 aliphatic heterocycles. The van der Waals surface area contributed by atoms with Gasteiger partial charge in [0.15, 0.2) is 0 Å². The van der Waals surface area contributed by atoms with Crippen molar-refractivity contribution in [3.8, 4) is 0 Å². The molecule has 2 N–H and O–H groups in total. The summed E-state index contributed by atoms with van der Waals surface area (Å²) in [5.74, 6) is -0.893. The summed E-state index contributed by atoms with van der Waals surface area (Å²) >= 11 is 7.05. The minimum atomic E-state index is -4.19. The van der Waals surface area contributed by atoms with Crippen LogP contribution in [0.5, 0.6) is 0 Å². The Kier molecular flexibility index (Phi) is 9.33. The molecule has 0 spiro atoms. The molecule has 2 aromatic rings. The monoisotopic (exact) mass is 595 g/mol. The highest BCUT2D eigenvalue weighted by Crippen LogP contribution is 2.30. The van der Waals surface area contributed by atoms with E-state index in [1.54, 1.807) is 41.0 Å². The fourth-order valence-corrected chi connectivity index (χ4v) is 7.47. The Labute approximate surface area is 238 Å². The number of rotatable bonds is 9. The molecule has 1 aromatic carbocycles. The molecule has 2 saturated heterocycles. The highest BCUT2D eigenvalue weighted by molar-refractivity contribution is 7.89. The predicted octanol–water partition coefficient (Wildman–Crippen LogP) is 2.47. The molecule has 1 atom stereocenters. The average Bonchev–Trinajstić information content (AvgIpc) is 3.54. The zero-order valence-electron chi connectivity index (χ0n) is 22.3. The van der Waals surface area contributed by atoms with Gasteiger partial charge in [-0.2, -0.15) is 4.72 Å². The van der Waals surface area contributed by atoms with Crippen molar-refractivity contribution in [1.82, 2.24) is 19.8 Å². The molecule has 212 valence electrons. The third kappa shape index (κ3) is 6.80. The number of anilines is 1. The second-order valence-corrected chi connectivity index (χ2v) is 13.5. The first-order valence-electron chi connectivity index (χ1n) is 12.9. The number of sulfonamides is 1. The van der Waals surface area contributed by atoms with Crippen molar-refractivity contribution in [3.05, 3.63) is 45.1 Å². The van der Waals surface area contributed by atoms with Crippen LogP contribution in [0.2, 0.25) is 4.34 Å². The van der Waals surface area contributed by atoms with Gasteiger partial charge in [0.1, 0.15) is 6.04 Å². The van der Waals surface area contributed by atoms with Crippen LogP contribution >= 0.6 is 22.9 Å². The molecule has 10 nitrogen and oxygen atoms in total. The fraction of sp³-hybridized carbons (Fsp3) is 0.500. The third-order valence-electron chi connectivity index (χ3n) is 7.27. The number of benzene rings is 1. The zero-order chi connectivity index (χ0) is 28.3. The summed E-state index contributed by atoms with van der Waals surface area (Å²) in [7, 11) is -0.194. The molecule has 1 aromatic heterocycles. The average molecular weight is 596 g/mol. The number of piperidine rings is 1. The smallest absolute Gasteiger partial charge is 0.261 e. The lowest BCUT2D eigenvalue weighted by atomic mass is 10.0. The fourth-order valence-electron chi connectivity index (χ4n) is 5.06. The van der Waals surface area contributed by atoms with Crippen molar-refractivity contribution in [2.24, 2.45) is 0 Å². The van der Waals surface area contributed by atoms with Crippen molar-refractivity contribution in [2.75, 3.05) is 45.2 Å². The number of nitrogens with one attached hydrogen (secondary N) is 2. The van der Waals surface area contributed by atoms with Crippen molar-refractivity contribution < 1.29 is 22.8 Å². The predicted molar refractivity (Wildman–Crippen MR) is 152 cm³/mol. The molecule has 39 heavy (non-hydrogen) atoms. The van der Waals surface area contributed by atoms with Crippen LogP contribution in [0, 0.1) is 6.92 Å². The second-order valence-electron chi connectivity index (χ2n) is 10.1. The van der Waals surface area contributed by atoms with Gasteiger partial charge >= 0.3 is 0 Å². The Morgan fingerprint density at radius 1 is 1.15 bits per heavy atom. The zero-order valence-corrected chi connectivity index (χ0v) is 24.7. The first-order valence-corrected chi connectivity index (χ1v) is 15.6. The first-order chi connectivity index (χ1) is 18.5. The van der Waals surface area contributed by atoms with Crippen molar-refractivity contribution in [2.45, 2.75) is 49.6 Å². The quantitative estimate of drug-likeness (QED) is 0.460. The SMILES string of the molecule is Cc1c(N2CCCC2=O)cccc1S(=O)(=O)N[C@@H](CNC(=O)c1ccc(Cl)s1)C(=O)N1CCC(N(C)C)CC1. The van der Waals surface area contributed by atoms with E-state index in [1.165, 1.54) is 6.07 Å². The van der Waals surface area contributed by atoms with E-state index in [-0.39, 0.29) is 17.3 Å². The summed E-state index contributed by atoms with van der Waals surface area (Å²) in [6.45, 7) is 2.92. The maximum atomic E-state index is 13.6. The summed E-state index contributed by atoms with van der Waals surface area (Å²) in [6, 6.07) is 7.06. The van der Waals surface area contributed by atoms with Crippen LogP contribution in [0.4, 0.5) is 5.69 Å². The number of carbonyl (C=O) groups is 3. The van der Waals surface area contributed by atoms with Crippen LogP contribution in [0.1, 0.15) is 40.9 Å². The maximum Gasteiger partial charge on any atom is 0.261 e. The minimum absolute atomic E-state index is 0.0137. The summed E-state index contributed by atoms with van der Waals surface area (Å²) in [6.07, 6.45) is 2.67. The number of nitrogens with zero attached hydrogens (tertiary/aromatic N) is 3. The van der Waals surface area contributed by atoms with Crippen LogP contribution in [-0.4, -0.2) is 88.3 Å². The van der Waals surface area contributed by atoms with Gasteiger partial charge in [-0.25, -0.2) is 8.42 Å². The minimum Gasteiger partial charge on any atom is -0.349 e. The summed E-state index contributed by atoms with van der Waals surface area (Å²) in [4.78, 5) is 44.3. The van der Waals surface area contributed by atoms with E-state index in [2.05, 4.69) is 14.9 Å². The largest absolute Gasteiger partial charge is 0.349 e. The number of carbonyl (C=O) groups excluding carboxylic acids is 3. The lowest BCUT2D eigenvalue weighted by Gasteiger charge is -2.36. The lowest BCUT2D eigenvalue weighted by molar-refractivity contribution is -0.134. The van der Waals surface area contributed by atoms with Crippen molar-refractivity contribution >= 4 is 56.4 Å². The van der Waals surface area contributed by atoms with E-state index in [9.17, 15) is 22.8 Å². The number of hydrogen-bond donors (Lipinski definition) is 2. The highest BCUT2D eigenvalue weighted by Gasteiger charge is 2.34. The second kappa shape index (κ2) is 12.3. The highest BCUT2D eigenvalue weighted by atomic mass is 35.5. The molecular weight excluding hydrogens is 562 g/mol. The Morgan fingerprint density at radius 2 is 1.87 bits per heavy atom. The molecule has 0 saturated carbocycles. The summed E-state index contributed by atoms with van der Waals surface area (Å²) < 4.78 is 30.3. The number of halogens is 1. The van der Waals surface area contributed by atoms with Gasteiger partial charge in [-0.1, -0.05) is 17.7 Å². The van der Waals surface area contributed by atoms with E-state index in [0.29, 0.717) is 59.0 Å². The van der Waals surface area contributed by atoms with Gasteiger partial charge in [0.05, 0.1) is 14.1 Å². The lowest BCUT2D eigenvalue weighted by Crippen LogP contribution is -2.56. The van der Waals surface area contributed by atoms with E-state index < -0.39 is 27.9 Å². The van der Waals surface area contributed by atoms with Crippen LogP contribution in [-0.2, 0) is 19.6 Å². The van der Waals surface area contributed by atoms with Gasteiger partial charge < -0.3 is 20.0 Å². The Bertz CT molecular complexity index is 1340. The van der Waals surface area contributed by atoms with E-state index in [0.717, 1.165) is 24.2 Å². The van der Waals surface area contributed by atoms with Crippen LogP contribution in [0.25, 0.3) is 0 Å².